The van der Waals surface area contributed by atoms with E-state index >= 15 is 0 Å². The number of benzene rings is 2. The number of esters is 1. The molecule has 0 heterocycles. The molecule has 0 aliphatic carbocycles. The van der Waals surface area contributed by atoms with Crippen molar-refractivity contribution < 1.29 is 17.9 Å². The molecule has 0 amide bonds. The first-order valence-electron chi connectivity index (χ1n) is 9.27. The van der Waals surface area contributed by atoms with Crippen LogP contribution in [0.2, 0.25) is 0 Å². The van der Waals surface area contributed by atoms with Crippen molar-refractivity contribution in [2.24, 2.45) is 0 Å². The van der Waals surface area contributed by atoms with E-state index in [-0.39, 0.29) is 11.5 Å². The highest BCUT2D eigenvalue weighted by molar-refractivity contribution is 7.89. The molecule has 0 N–H and O–H groups in total. The SMILES string of the molecule is CCN(CC)Cc1ccc(COC(=O)c2ccc(S(=O)(=O)N(C)C)cc2)cc1. The Hall–Kier alpha value is -2.22. The molecule has 0 aliphatic rings. The second-order valence-corrected chi connectivity index (χ2v) is 8.82. The largest absolute Gasteiger partial charge is 0.457 e. The van der Waals surface area contributed by atoms with E-state index in [2.05, 4.69) is 18.7 Å². The van der Waals surface area contributed by atoms with E-state index in [9.17, 15) is 13.2 Å². The van der Waals surface area contributed by atoms with Crippen LogP contribution >= 0.6 is 0 Å². The predicted octanol–water partition coefficient (Wildman–Crippen LogP) is 3.14. The standard InChI is InChI=1S/C21H28N2O4S/c1-5-23(6-2)15-17-7-9-18(10-8-17)16-27-21(24)19-11-13-20(14-12-19)28(25,26)22(3)4/h7-14H,5-6,15-16H2,1-4H3. The first-order valence-corrected chi connectivity index (χ1v) is 10.7. The predicted molar refractivity (Wildman–Crippen MR) is 110 cm³/mol. The molecular weight excluding hydrogens is 376 g/mol. The van der Waals surface area contributed by atoms with E-state index in [0.717, 1.165) is 29.5 Å². The molecule has 0 aliphatic heterocycles. The molecule has 152 valence electrons. The van der Waals surface area contributed by atoms with Gasteiger partial charge in [0.25, 0.3) is 0 Å². The van der Waals surface area contributed by atoms with Gasteiger partial charge >= 0.3 is 5.97 Å². The summed E-state index contributed by atoms with van der Waals surface area (Å²) in [5.74, 6) is -0.485. The fourth-order valence-electron chi connectivity index (χ4n) is 2.65. The van der Waals surface area contributed by atoms with Gasteiger partial charge in [0.1, 0.15) is 6.61 Å². The number of ether oxygens (including phenoxy) is 1. The second-order valence-electron chi connectivity index (χ2n) is 6.67. The average Bonchev–Trinajstić information content (AvgIpc) is 2.71. The van der Waals surface area contributed by atoms with E-state index in [1.165, 1.54) is 43.9 Å². The van der Waals surface area contributed by atoms with Crippen LogP contribution in [-0.4, -0.2) is 50.8 Å². The molecule has 0 atom stereocenters. The monoisotopic (exact) mass is 404 g/mol. The summed E-state index contributed by atoms with van der Waals surface area (Å²) in [7, 11) is -0.588. The summed E-state index contributed by atoms with van der Waals surface area (Å²) < 4.78 is 30.6. The number of sulfonamides is 1. The summed E-state index contributed by atoms with van der Waals surface area (Å²) in [6.45, 7) is 7.35. The molecule has 0 unspecified atom stereocenters. The van der Waals surface area contributed by atoms with Crippen LogP contribution in [0.25, 0.3) is 0 Å². The van der Waals surface area contributed by atoms with E-state index < -0.39 is 16.0 Å². The van der Waals surface area contributed by atoms with Gasteiger partial charge in [0, 0.05) is 20.6 Å². The molecule has 2 aromatic rings. The zero-order chi connectivity index (χ0) is 20.7. The quantitative estimate of drug-likeness (QED) is 0.601. The Morgan fingerprint density at radius 1 is 0.893 bits per heavy atom. The summed E-state index contributed by atoms with van der Waals surface area (Å²) in [6, 6.07) is 13.8. The average molecular weight is 405 g/mol. The number of carbonyl (C=O) groups is 1. The van der Waals surface area contributed by atoms with Crippen LogP contribution in [0.15, 0.2) is 53.4 Å². The van der Waals surface area contributed by atoms with Gasteiger partial charge in [-0.05, 0) is 48.5 Å². The van der Waals surface area contributed by atoms with E-state index in [1.54, 1.807) is 0 Å². The van der Waals surface area contributed by atoms with Crippen LogP contribution in [0, 0.1) is 0 Å². The molecule has 28 heavy (non-hydrogen) atoms. The summed E-state index contributed by atoms with van der Waals surface area (Å²) in [5.41, 5.74) is 2.44. The number of carbonyl (C=O) groups excluding carboxylic acids is 1. The number of hydrogen-bond acceptors (Lipinski definition) is 5. The van der Waals surface area contributed by atoms with Crippen LogP contribution in [0.1, 0.15) is 35.3 Å². The molecule has 0 fully saturated rings. The molecule has 0 bridgehead atoms. The highest BCUT2D eigenvalue weighted by Crippen LogP contribution is 2.15. The Kier molecular flexibility index (Phi) is 7.74. The third-order valence-corrected chi connectivity index (χ3v) is 6.39. The maximum absolute atomic E-state index is 12.2. The second kappa shape index (κ2) is 9.82. The van der Waals surface area contributed by atoms with Gasteiger partial charge in [-0.3, -0.25) is 4.90 Å². The Morgan fingerprint density at radius 2 is 1.43 bits per heavy atom. The molecule has 6 nitrogen and oxygen atoms in total. The first kappa shape index (κ1) is 22.1. The Bertz CT molecular complexity index is 872. The summed E-state index contributed by atoms with van der Waals surface area (Å²) in [5, 5.41) is 0. The maximum atomic E-state index is 12.2. The van der Waals surface area contributed by atoms with Crippen LogP contribution < -0.4 is 0 Å². The van der Waals surface area contributed by atoms with Gasteiger partial charge in [0.05, 0.1) is 10.5 Å². The van der Waals surface area contributed by atoms with Crippen LogP contribution in [0.5, 0.6) is 0 Å². The van der Waals surface area contributed by atoms with Gasteiger partial charge < -0.3 is 4.74 Å². The smallest absolute Gasteiger partial charge is 0.338 e. The fourth-order valence-corrected chi connectivity index (χ4v) is 3.55. The lowest BCUT2D eigenvalue weighted by molar-refractivity contribution is 0.0472. The van der Waals surface area contributed by atoms with Gasteiger partial charge in [-0.25, -0.2) is 17.5 Å². The summed E-state index contributed by atoms with van der Waals surface area (Å²) in [6.07, 6.45) is 0. The molecule has 0 saturated heterocycles. The molecule has 0 saturated carbocycles. The lowest BCUT2D eigenvalue weighted by Crippen LogP contribution is -2.22. The lowest BCUT2D eigenvalue weighted by atomic mass is 10.1. The minimum atomic E-state index is -3.51. The van der Waals surface area contributed by atoms with Crippen molar-refractivity contribution in [3.05, 3.63) is 65.2 Å². The van der Waals surface area contributed by atoms with Gasteiger partial charge in [0.15, 0.2) is 0 Å². The Morgan fingerprint density at radius 3 is 1.93 bits per heavy atom. The van der Waals surface area contributed by atoms with Crippen molar-refractivity contribution in [2.75, 3.05) is 27.2 Å². The number of hydrogen-bond donors (Lipinski definition) is 0. The van der Waals surface area contributed by atoms with Crippen molar-refractivity contribution >= 4 is 16.0 Å². The van der Waals surface area contributed by atoms with Crippen LogP contribution in [0.3, 0.4) is 0 Å². The van der Waals surface area contributed by atoms with Crippen molar-refractivity contribution in [3.8, 4) is 0 Å². The zero-order valence-electron chi connectivity index (χ0n) is 16.9. The zero-order valence-corrected chi connectivity index (χ0v) is 17.7. The van der Waals surface area contributed by atoms with Gasteiger partial charge in [-0.15, -0.1) is 0 Å². The highest BCUT2D eigenvalue weighted by atomic mass is 32.2. The van der Waals surface area contributed by atoms with Crippen molar-refractivity contribution in [3.63, 3.8) is 0 Å². The van der Waals surface area contributed by atoms with Crippen molar-refractivity contribution in [2.45, 2.75) is 31.9 Å². The molecule has 2 rings (SSSR count). The molecular formula is C21H28N2O4S. The van der Waals surface area contributed by atoms with E-state index in [4.69, 9.17) is 4.74 Å². The minimum absolute atomic E-state index is 0.137. The summed E-state index contributed by atoms with van der Waals surface area (Å²) in [4.78, 5) is 14.7. The summed E-state index contributed by atoms with van der Waals surface area (Å²) >= 11 is 0. The number of rotatable bonds is 9. The molecule has 0 spiro atoms. The molecule has 7 heteroatoms. The molecule has 2 aromatic carbocycles. The Labute approximate surface area is 167 Å². The third kappa shape index (κ3) is 5.64. The molecule has 0 aromatic heterocycles. The van der Waals surface area contributed by atoms with Crippen LogP contribution in [0.4, 0.5) is 0 Å². The van der Waals surface area contributed by atoms with Crippen LogP contribution in [-0.2, 0) is 27.9 Å². The van der Waals surface area contributed by atoms with Gasteiger partial charge in [0.2, 0.25) is 10.0 Å². The minimum Gasteiger partial charge on any atom is -0.457 e. The van der Waals surface area contributed by atoms with Crippen molar-refractivity contribution in [1.29, 1.82) is 0 Å². The van der Waals surface area contributed by atoms with Gasteiger partial charge in [-0.1, -0.05) is 38.1 Å². The van der Waals surface area contributed by atoms with Crippen molar-refractivity contribution in [1.82, 2.24) is 9.21 Å². The topological polar surface area (TPSA) is 66.9 Å². The Balaban J connectivity index is 1.95. The number of nitrogens with zero attached hydrogens (tertiary/aromatic N) is 2. The highest BCUT2D eigenvalue weighted by Gasteiger charge is 2.17. The fraction of sp³-hybridized carbons (Fsp3) is 0.381. The lowest BCUT2D eigenvalue weighted by Gasteiger charge is -2.18. The normalized spacial score (nSPS) is 11.8. The first-order chi connectivity index (χ1) is 13.3. The van der Waals surface area contributed by atoms with E-state index in [1.807, 2.05) is 24.3 Å². The third-order valence-electron chi connectivity index (χ3n) is 4.56. The van der Waals surface area contributed by atoms with E-state index in [0.29, 0.717) is 5.56 Å². The van der Waals surface area contributed by atoms with Gasteiger partial charge in [-0.2, -0.15) is 0 Å². The molecule has 0 radical (unpaired) electrons. The maximum Gasteiger partial charge on any atom is 0.338 e.